The van der Waals surface area contributed by atoms with E-state index in [1.54, 1.807) is 48.5 Å². The molecule has 2 atom stereocenters. The van der Waals surface area contributed by atoms with Crippen molar-refractivity contribution in [2.45, 2.75) is 25.9 Å². The van der Waals surface area contributed by atoms with E-state index in [2.05, 4.69) is 31.1 Å². The Morgan fingerprint density at radius 3 is 1.30 bits per heavy atom. The fourth-order valence-electron chi connectivity index (χ4n) is 4.34. The molecule has 0 saturated carbocycles. The van der Waals surface area contributed by atoms with Crippen molar-refractivity contribution in [3.63, 3.8) is 0 Å². The average molecular weight is 758 g/mol. The molecule has 2 N–H and O–H groups in total. The van der Waals surface area contributed by atoms with E-state index in [9.17, 15) is 19.2 Å². The summed E-state index contributed by atoms with van der Waals surface area (Å²) in [5.41, 5.74) is 2.30. The Bertz CT molecular complexity index is 1880. The van der Waals surface area contributed by atoms with E-state index in [0.29, 0.717) is 32.7 Å². The summed E-state index contributed by atoms with van der Waals surface area (Å²) >= 11 is 24.3. The molecular formula is C34H28Cl4N6O6. The van der Waals surface area contributed by atoms with E-state index >= 15 is 0 Å². The number of benzene rings is 4. The number of methoxy groups -OCH3 is 2. The second-order valence-electron chi connectivity index (χ2n) is 10.5. The molecule has 0 bridgehead atoms. The molecule has 16 heteroatoms. The van der Waals surface area contributed by atoms with Gasteiger partial charge in [0.2, 0.25) is 12.1 Å². The summed E-state index contributed by atoms with van der Waals surface area (Å²) < 4.78 is 11.0. The van der Waals surface area contributed by atoms with Gasteiger partial charge in [0, 0.05) is 10.0 Å². The van der Waals surface area contributed by atoms with Crippen molar-refractivity contribution >= 4 is 92.5 Å². The number of Topliss-reactive ketones (excluding diaryl/α,β-unsaturated/α-hetero) is 2. The zero-order valence-corrected chi connectivity index (χ0v) is 29.9. The number of amides is 2. The second-order valence-corrected chi connectivity index (χ2v) is 12.1. The second kappa shape index (κ2) is 17.2. The number of ketones is 2. The summed E-state index contributed by atoms with van der Waals surface area (Å²) in [6.45, 7) is 2.43. The summed E-state index contributed by atoms with van der Waals surface area (Å²) in [6.07, 6.45) is 0. The summed E-state index contributed by atoms with van der Waals surface area (Å²) in [5, 5.41) is 22.5. The number of rotatable bonds is 13. The van der Waals surface area contributed by atoms with Gasteiger partial charge in [0.25, 0.3) is 11.8 Å². The van der Waals surface area contributed by atoms with Gasteiger partial charge in [-0.1, -0.05) is 58.5 Å². The van der Waals surface area contributed by atoms with E-state index in [0.717, 1.165) is 0 Å². The summed E-state index contributed by atoms with van der Waals surface area (Å²) in [4.78, 5) is 50.4. The first-order chi connectivity index (χ1) is 23.8. The zero-order valence-electron chi connectivity index (χ0n) is 26.8. The Kier molecular flexibility index (Phi) is 13.0. The van der Waals surface area contributed by atoms with Gasteiger partial charge in [-0.25, -0.2) is 0 Å². The van der Waals surface area contributed by atoms with Gasteiger partial charge in [0.15, 0.2) is 11.6 Å². The van der Waals surface area contributed by atoms with E-state index in [4.69, 9.17) is 55.9 Å². The van der Waals surface area contributed by atoms with Gasteiger partial charge in [-0.05, 0) is 85.6 Å². The number of carbonyl (C=O) groups excluding carboxylic acids is 4. The highest BCUT2D eigenvalue weighted by atomic mass is 35.5. The lowest BCUT2D eigenvalue weighted by molar-refractivity contribution is -0.127. The number of hydrogen-bond donors (Lipinski definition) is 2. The van der Waals surface area contributed by atoms with Crippen LogP contribution in [0.15, 0.2) is 93.3 Å². The van der Waals surface area contributed by atoms with Crippen LogP contribution < -0.4 is 20.1 Å². The molecule has 258 valence electrons. The van der Waals surface area contributed by atoms with Gasteiger partial charge >= 0.3 is 0 Å². The van der Waals surface area contributed by atoms with Gasteiger partial charge in [-0.3, -0.25) is 19.2 Å². The Balaban J connectivity index is 1.54. The van der Waals surface area contributed by atoms with Crippen molar-refractivity contribution in [3.05, 3.63) is 92.9 Å². The monoisotopic (exact) mass is 756 g/mol. The summed E-state index contributed by atoms with van der Waals surface area (Å²) in [5.74, 6) is -2.00. The molecule has 2 amide bonds. The van der Waals surface area contributed by atoms with Crippen LogP contribution >= 0.6 is 46.4 Å². The number of anilines is 2. The third-order valence-electron chi connectivity index (χ3n) is 6.89. The van der Waals surface area contributed by atoms with Crippen molar-refractivity contribution in [2.24, 2.45) is 20.5 Å². The number of azo groups is 2. The molecule has 4 aromatic carbocycles. The molecule has 4 aromatic rings. The molecule has 0 aliphatic heterocycles. The maximum absolute atomic E-state index is 12.9. The van der Waals surface area contributed by atoms with Crippen molar-refractivity contribution in [3.8, 4) is 22.6 Å². The van der Waals surface area contributed by atoms with Crippen LogP contribution in [0.4, 0.5) is 22.7 Å². The highest BCUT2D eigenvalue weighted by molar-refractivity contribution is 6.36. The fraction of sp³-hybridized carbons (Fsp3) is 0.176. The Labute approximate surface area is 306 Å². The van der Waals surface area contributed by atoms with E-state index < -0.39 is 35.5 Å². The van der Waals surface area contributed by atoms with Gasteiger partial charge in [0.05, 0.1) is 35.6 Å². The molecule has 0 saturated heterocycles. The number of ether oxygens (including phenoxy) is 2. The lowest BCUT2D eigenvalue weighted by Gasteiger charge is -2.12. The predicted molar refractivity (Wildman–Crippen MR) is 193 cm³/mol. The van der Waals surface area contributed by atoms with Crippen LogP contribution in [-0.2, 0) is 19.2 Å². The van der Waals surface area contributed by atoms with Crippen LogP contribution in [0.1, 0.15) is 13.8 Å². The van der Waals surface area contributed by atoms with Crippen molar-refractivity contribution in [2.75, 3.05) is 24.9 Å². The molecule has 0 aromatic heterocycles. The van der Waals surface area contributed by atoms with Gasteiger partial charge < -0.3 is 20.1 Å². The standard InChI is InChI=1S/C34H28Cl4N6O6/c1-17(45)31(33(47)39-27-15-21(35)7-9-23(27)37)43-41-25-11-5-19(13-29(25)49-3)20-6-12-26(30(14-20)50-4)42-44-32(18(2)46)34(48)40-28-16-22(36)8-10-24(28)38/h5-16,31-32H,1-4H3,(H,39,47)(H,40,48). The third kappa shape index (κ3) is 9.63. The molecule has 12 nitrogen and oxygen atoms in total. The molecule has 0 radical (unpaired) electrons. The molecule has 2 unspecified atom stereocenters. The summed E-state index contributed by atoms with van der Waals surface area (Å²) in [7, 11) is 2.86. The largest absolute Gasteiger partial charge is 0.494 e. The van der Waals surface area contributed by atoms with Crippen LogP contribution in [0, 0.1) is 0 Å². The normalized spacial score (nSPS) is 12.4. The highest BCUT2D eigenvalue weighted by Gasteiger charge is 2.25. The average Bonchev–Trinajstić information content (AvgIpc) is 3.08. The molecule has 0 heterocycles. The molecule has 4 rings (SSSR count). The first-order valence-corrected chi connectivity index (χ1v) is 16.0. The minimum atomic E-state index is -1.47. The van der Waals surface area contributed by atoms with E-state index in [1.807, 2.05) is 0 Å². The topological polar surface area (TPSA) is 160 Å². The Morgan fingerprint density at radius 1 is 0.580 bits per heavy atom. The van der Waals surface area contributed by atoms with Crippen LogP contribution in [0.3, 0.4) is 0 Å². The molecule has 0 fully saturated rings. The van der Waals surface area contributed by atoms with E-state index in [1.165, 1.54) is 52.3 Å². The number of nitrogens with zero attached hydrogens (tertiary/aromatic N) is 4. The van der Waals surface area contributed by atoms with Crippen LogP contribution in [0.25, 0.3) is 11.1 Å². The smallest absolute Gasteiger partial charge is 0.258 e. The maximum Gasteiger partial charge on any atom is 0.258 e. The van der Waals surface area contributed by atoms with Crippen molar-refractivity contribution < 1.29 is 28.7 Å². The highest BCUT2D eigenvalue weighted by Crippen LogP contribution is 2.37. The van der Waals surface area contributed by atoms with Crippen molar-refractivity contribution in [1.29, 1.82) is 0 Å². The van der Waals surface area contributed by atoms with Crippen molar-refractivity contribution in [1.82, 2.24) is 0 Å². The van der Waals surface area contributed by atoms with E-state index in [-0.39, 0.29) is 32.8 Å². The first-order valence-electron chi connectivity index (χ1n) is 14.5. The Morgan fingerprint density at radius 2 is 0.960 bits per heavy atom. The Hall–Kier alpha value is -4.88. The molecule has 0 aliphatic rings. The quantitative estimate of drug-likeness (QED) is 0.102. The minimum Gasteiger partial charge on any atom is -0.494 e. The van der Waals surface area contributed by atoms with Gasteiger partial charge in [0.1, 0.15) is 22.9 Å². The van der Waals surface area contributed by atoms with Gasteiger partial charge in [-0.15, -0.1) is 0 Å². The fourth-order valence-corrected chi connectivity index (χ4v) is 5.02. The zero-order chi connectivity index (χ0) is 36.5. The lowest BCUT2D eigenvalue weighted by Crippen LogP contribution is -2.31. The third-order valence-corrected chi connectivity index (χ3v) is 8.02. The van der Waals surface area contributed by atoms with Crippen LogP contribution in [-0.4, -0.2) is 49.7 Å². The maximum atomic E-state index is 12.9. The molecule has 0 aliphatic carbocycles. The first kappa shape index (κ1) is 37.9. The SMILES string of the molecule is COc1cc(-c2ccc(N=NC(C(C)=O)C(=O)Nc3cc(Cl)ccc3Cl)c(OC)c2)ccc1N=NC(C(C)=O)C(=O)Nc1cc(Cl)ccc1Cl. The number of hydrogen-bond acceptors (Lipinski definition) is 10. The van der Waals surface area contributed by atoms with Crippen LogP contribution in [0.5, 0.6) is 11.5 Å². The minimum absolute atomic E-state index is 0.221. The lowest BCUT2D eigenvalue weighted by atomic mass is 10.0. The number of carbonyl (C=O) groups is 4. The number of halogens is 4. The molecule has 0 spiro atoms. The summed E-state index contributed by atoms with van der Waals surface area (Å²) in [6, 6.07) is 16.1. The predicted octanol–water partition coefficient (Wildman–Crippen LogP) is 9.34. The molecule has 50 heavy (non-hydrogen) atoms. The van der Waals surface area contributed by atoms with Gasteiger partial charge in [-0.2, -0.15) is 20.5 Å². The molecular weight excluding hydrogens is 730 g/mol. The van der Waals surface area contributed by atoms with Crippen LogP contribution in [0.2, 0.25) is 20.1 Å². The number of nitrogens with one attached hydrogen (secondary N) is 2.